The number of aryl methyl sites for hydroxylation is 1. The number of carbonyl (C=O) groups is 2. The maximum absolute atomic E-state index is 12.5. The molecule has 2 amide bonds. The van der Waals surface area contributed by atoms with Crippen LogP contribution in [-0.4, -0.2) is 58.8 Å². The summed E-state index contributed by atoms with van der Waals surface area (Å²) in [5.74, 6) is -0.381. The fraction of sp³-hybridized carbons (Fsp3) is 0.417. The third-order valence-electron chi connectivity index (χ3n) is 5.73. The largest absolute Gasteiger partial charge is 0.393 e. The zero-order valence-corrected chi connectivity index (χ0v) is 17.7. The number of nitrogens with two attached hydrogens (primary N) is 1. The van der Waals surface area contributed by atoms with Crippen molar-refractivity contribution in [1.29, 1.82) is 0 Å². The summed E-state index contributed by atoms with van der Waals surface area (Å²) in [4.78, 5) is 26.6. The Balaban J connectivity index is 1.46. The first-order valence-electron chi connectivity index (χ1n) is 10.8. The molecule has 1 unspecified atom stereocenters. The van der Waals surface area contributed by atoms with Crippen molar-refractivity contribution < 1.29 is 19.8 Å². The van der Waals surface area contributed by atoms with Crippen LogP contribution in [0.15, 0.2) is 48.5 Å². The number of likely N-dealkylation sites (tertiary alicyclic amines) is 1. The minimum atomic E-state index is -0.662. The summed E-state index contributed by atoms with van der Waals surface area (Å²) in [7, 11) is 0. The van der Waals surface area contributed by atoms with E-state index in [1.807, 2.05) is 24.3 Å². The van der Waals surface area contributed by atoms with Crippen LogP contribution in [0.4, 0.5) is 0 Å². The summed E-state index contributed by atoms with van der Waals surface area (Å²) in [6.07, 6.45) is 1.40. The summed E-state index contributed by atoms with van der Waals surface area (Å²) in [6.45, 7) is 1.69. The number of piperidine rings is 1. The zero-order chi connectivity index (χ0) is 22.2. The van der Waals surface area contributed by atoms with E-state index in [1.54, 1.807) is 29.2 Å². The standard InChI is InChI=1S/C24H31N3O4/c25-15-20-4-2-1-3-17(20)9-10-22(29)16-26-23(30)18-5-7-19(8-6-18)24(31)27-13-11-21(28)12-14-27/h1-8,21-22,28-29H,9-16,25H2,(H,26,30). The summed E-state index contributed by atoms with van der Waals surface area (Å²) >= 11 is 0. The summed E-state index contributed by atoms with van der Waals surface area (Å²) in [5, 5.41) is 22.6. The molecular formula is C24H31N3O4. The molecule has 0 aliphatic carbocycles. The van der Waals surface area contributed by atoms with Crippen LogP contribution in [0.2, 0.25) is 0 Å². The molecule has 3 rings (SSSR count). The Morgan fingerprint density at radius 1 is 1.03 bits per heavy atom. The molecule has 0 spiro atoms. The summed E-state index contributed by atoms with van der Waals surface area (Å²) in [6, 6.07) is 14.4. The minimum Gasteiger partial charge on any atom is -0.393 e. The van der Waals surface area contributed by atoms with Crippen LogP contribution in [0.25, 0.3) is 0 Å². The van der Waals surface area contributed by atoms with Crippen LogP contribution < -0.4 is 11.1 Å². The molecule has 1 aliphatic heterocycles. The van der Waals surface area contributed by atoms with E-state index in [-0.39, 0.29) is 24.5 Å². The van der Waals surface area contributed by atoms with Crippen molar-refractivity contribution in [3.8, 4) is 0 Å². The Morgan fingerprint density at radius 3 is 2.29 bits per heavy atom. The van der Waals surface area contributed by atoms with Crippen molar-refractivity contribution in [3.05, 3.63) is 70.8 Å². The average Bonchev–Trinajstić information content (AvgIpc) is 2.81. The number of hydrogen-bond donors (Lipinski definition) is 4. The Labute approximate surface area is 182 Å². The molecule has 2 aromatic carbocycles. The monoisotopic (exact) mass is 425 g/mol. The van der Waals surface area contributed by atoms with E-state index >= 15 is 0 Å². The van der Waals surface area contributed by atoms with Crippen molar-refractivity contribution in [3.63, 3.8) is 0 Å². The fourth-order valence-electron chi connectivity index (χ4n) is 3.75. The second kappa shape index (κ2) is 11.0. The number of amides is 2. The lowest BCUT2D eigenvalue weighted by Gasteiger charge is -2.29. The highest BCUT2D eigenvalue weighted by Crippen LogP contribution is 2.15. The van der Waals surface area contributed by atoms with E-state index in [0.29, 0.717) is 56.4 Å². The number of nitrogens with one attached hydrogen (secondary N) is 1. The van der Waals surface area contributed by atoms with Crippen LogP contribution in [0.5, 0.6) is 0 Å². The zero-order valence-electron chi connectivity index (χ0n) is 17.7. The number of carbonyl (C=O) groups excluding carboxylic acids is 2. The molecule has 2 aromatic rings. The predicted molar refractivity (Wildman–Crippen MR) is 119 cm³/mol. The molecule has 0 bridgehead atoms. The Bertz CT molecular complexity index is 877. The molecule has 1 atom stereocenters. The van der Waals surface area contributed by atoms with Gasteiger partial charge < -0.3 is 26.2 Å². The predicted octanol–water partition coefficient (Wildman–Crippen LogP) is 1.47. The summed E-state index contributed by atoms with van der Waals surface area (Å²) < 4.78 is 0. The van der Waals surface area contributed by atoms with Gasteiger partial charge in [0, 0.05) is 37.3 Å². The highest BCUT2D eigenvalue weighted by Gasteiger charge is 2.22. The van der Waals surface area contributed by atoms with Crippen molar-refractivity contribution >= 4 is 11.8 Å². The number of nitrogens with zero attached hydrogens (tertiary/aromatic N) is 1. The van der Waals surface area contributed by atoms with Crippen LogP contribution >= 0.6 is 0 Å². The molecule has 0 saturated carbocycles. The topological polar surface area (TPSA) is 116 Å². The van der Waals surface area contributed by atoms with Crippen LogP contribution in [-0.2, 0) is 13.0 Å². The van der Waals surface area contributed by atoms with E-state index in [0.717, 1.165) is 11.1 Å². The fourth-order valence-corrected chi connectivity index (χ4v) is 3.75. The van der Waals surface area contributed by atoms with E-state index in [4.69, 9.17) is 5.73 Å². The van der Waals surface area contributed by atoms with Gasteiger partial charge in [-0.1, -0.05) is 24.3 Å². The van der Waals surface area contributed by atoms with Gasteiger partial charge in [0.25, 0.3) is 11.8 Å². The van der Waals surface area contributed by atoms with Gasteiger partial charge in [-0.15, -0.1) is 0 Å². The maximum atomic E-state index is 12.5. The molecule has 7 heteroatoms. The molecule has 166 valence electrons. The van der Waals surface area contributed by atoms with Gasteiger partial charge in [0.2, 0.25) is 0 Å². The van der Waals surface area contributed by atoms with E-state index in [2.05, 4.69) is 5.32 Å². The SMILES string of the molecule is NCc1ccccc1CCC(O)CNC(=O)c1ccc(C(=O)N2CCC(O)CC2)cc1. The summed E-state index contributed by atoms with van der Waals surface area (Å²) in [5.41, 5.74) is 8.87. The molecular weight excluding hydrogens is 394 g/mol. The number of aliphatic hydroxyl groups excluding tert-OH is 2. The molecule has 1 aliphatic rings. The van der Waals surface area contributed by atoms with E-state index < -0.39 is 6.10 Å². The van der Waals surface area contributed by atoms with Gasteiger partial charge in [0.1, 0.15) is 0 Å². The van der Waals surface area contributed by atoms with Gasteiger partial charge in [-0.25, -0.2) is 0 Å². The normalized spacial score (nSPS) is 15.5. The van der Waals surface area contributed by atoms with Gasteiger partial charge in [-0.2, -0.15) is 0 Å². The second-order valence-electron chi connectivity index (χ2n) is 7.98. The Hall–Kier alpha value is -2.74. The first kappa shape index (κ1) is 22.9. The second-order valence-corrected chi connectivity index (χ2v) is 7.98. The van der Waals surface area contributed by atoms with Crippen molar-refractivity contribution in [2.45, 2.75) is 44.4 Å². The number of rotatable bonds is 8. The lowest BCUT2D eigenvalue weighted by Crippen LogP contribution is -2.40. The van der Waals surface area contributed by atoms with Crippen LogP contribution in [0.3, 0.4) is 0 Å². The van der Waals surface area contributed by atoms with Gasteiger partial charge in [0.15, 0.2) is 0 Å². The molecule has 1 fully saturated rings. The first-order valence-corrected chi connectivity index (χ1v) is 10.8. The van der Waals surface area contributed by atoms with Crippen LogP contribution in [0.1, 0.15) is 51.1 Å². The van der Waals surface area contributed by atoms with Crippen molar-refractivity contribution in [1.82, 2.24) is 10.2 Å². The highest BCUT2D eigenvalue weighted by atomic mass is 16.3. The third kappa shape index (κ3) is 6.37. The van der Waals surface area contributed by atoms with E-state index in [1.165, 1.54) is 0 Å². The quantitative estimate of drug-likeness (QED) is 0.511. The molecule has 1 heterocycles. The molecule has 31 heavy (non-hydrogen) atoms. The number of benzene rings is 2. The lowest BCUT2D eigenvalue weighted by atomic mass is 10.0. The molecule has 7 nitrogen and oxygen atoms in total. The number of hydrogen-bond acceptors (Lipinski definition) is 5. The van der Waals surface area contributed by atoms with Gasteiger partial charge in [0.05, 0.1) is 12.2 Å². The molecule has 5 N–H and O–H groups in total. The number of aliphatic hydroxyl groups is 2. The van der Waals surface area contributed by atoms with Crippen molar-refractivity contribution in [2.24, 2.45) is 5.73 Å². The highest BCUT2D eigenvalue weighted by molar-refractivity contribution is 5.97. The molecule has 1 saturated heterocycles. The van der Waals surface area contributed by atoms with Crippen LogP contribution in [0, 0.1) is 0 Å². The Morgan fingerprint density at radius 2 is 1.65 bits per heavy atom. The Kier molecular flexibility index (Phi) is 8.17. The third-order valence-corrected chi connectivity index (χ3v) is 5.73. The maximum Gasteiger partial charge on any atom is 0.253 e. The van der Waals surface area contributed by atoms with Gasteiger partial charge in [-0.3, -0.25) is 9.59 Å². The van der Waals surface area contributed by atoms with Crippen molar-refractivity contribution in [2.75, 3.05) is 19.6 Å². The van der Waals surface area contributed by atoms with E-state index in [9.17, 15) is 19.8 Å². The molecule has 0 radical (unpaired) electrons. The average molecular weight is 426 g/mol. The smallest absolute Gasteiger partial charge is 0.253 e. The van der Waals surface area contributed by atoms with Gasteiger partial charge >= 0.3 is 0 Å². The first-order chi connectivity index (χ1) is 15.0. The lowest BCUT2D eigenvalue weighted by molar-refractivity contribution is 0.0546. The minimum absolute atomic E-state index is 0.0907. The molecule has 0 aromatic heterocycles. The van der Waals surface area contributed by atoms with Gasteiger partial charge in [-0.05, 0) is 61.1 Å².